The molecular formula is C9H18O3. The van der Waals surface area contributed by atoms with Crippen LogP contribution in [0, 0.1) is 0 Å². The lowest BCUT2D eigenvalue weighted by Gasteiger charge is -1.91. The van der Waals surface area contributed by atoms with Crippen LogP contribution in [0.3, 0.4) is 0 Å². The molecule has 0 bridgehead atoms. The molecule has 0 aromatic heterocycles. The maximum Gasteiger partial charge on any atom is 0.300 e. The summed E-state index contributed by atoms with van der Waals surface area (Å²) in [4.78, 5) is 19.6. The number of hydrogen-bond donors (Lipinski definition) is 1. The van der Waals surface area contributed by atoms with E-state index in [2.05, 4.69) is 6.92 Å². The second kappa shape index (κ2) is 10.1. The normalized spacial score (nSPS) is 8.25. The molecule has 0 aliphatic heterocycles. The molecule has 0 aromatic rings. The van der Waals surface area contributed by atoms with Crippen molar-refractivity contribution < 1.29 is 14.7 Å². The van der Waals surface area contributed by atoms with Crippen molar-refractivity contribution in [2.75, 3.05) is 0 Å². The van der Waals surface area contributed by atoms with Crippen LogP contribution in [0.4, 0.5) is 0 Å². The molecule has 0 spiro atoms. The van der Waals surface area contributed by atoms with Crippen LogP contribution < -0.4 is 0 Å². The first kappa shape index (κ1) is 13.7. The molecule has 0 rings (SSSR count). The number of aliphatic carboxylic acids is 1. The molecule has 12 heavy (non-hydrogen) atoms. The summed E-state index contributed by atoms with van der Waals surface area (Å²) in [6.07, 6.45) is 3.69. The second-order valence-electron chi connectivity index (χ2n) is 2.51. The van der Waals surface area contributed by atoms with Crippen molar-refractivity contribution in [3.05, 3.63) is 0 Å². The van der Waals surface area contributed by atoms with Gasteiger partial charge in [0.15, 0.2) is 0 Å². The highest BCUT2D eigenvalue weighted by atomic mass is 16.4. The minimum atomic E-state index is -0.833. The third-order valence-electron chi connectivity index (χ3n) is 1.20. The van der Waals surface area contributed by atoms with Gasteiger partial charge in [0.05, 0.1) is 0 Å². The van der Waals surface area contributed by atoms with Crippen molar-refractivity contribution in [1.82, 2.24) is 0 Å². The largest absolute Gasteiger partial charge is 0.481 e. The van der Waals surface area contributed by atoms with E-state index < -0.39 is 5.97 Å². The van der Waals surface area contributed by atoms with Gasteiger partial charge >= 0.3 is 0 Å². The monoisotopic (exact) mass is 174 g/mol. The fraction of sp³-hybridized carbons (Fsp3) is 0.778. The summed E-state index contributed by atoms with van der Waals surface area (Å²) < 4.78 is 0. The van der Waals surface area contributed by atoms with Gasteiger partial charge in [0.1, 0.15) is 5.78 Å². The molecule has 3 heteroatoms. The van der Waals surface area contributed by atoms with E-state index in [1.165, 1.54) is 0 Å². The highest BCUT2D eigenvalue weighted by Crippen LogP contribution is 1.96. The number of ketones is 1. The van der Waals surface area contributed by atoms with Crippen LogP contribution in [-0.2, 0) is 9.59 Å². The van der Waals surface area contributed by atoms with E-state index in [9.17, 15) is 4.79 Å². The molecule has 0 aliphatic carbocycles. The Hall–Kier alpha value is -0.860. The van der Waals surface area contributed by atoms with E-state index >= 15 is 0 Å². The van der Waals surface area contributed by atoms with Crippen molar-refractivity contribution >= 4 is 11.8 Å². The summed E-state index contributed by atoms with van der Waals surface area (Å²) >= 11 is 0. The Morgan fingerprint density at radius 3 is 1.92 bits per heavy atom. The molecule has 0 saturated heterocycles. The predicted octanol–water partition coefficient (Wildman–Crippen LogP) is 2.25. The third kappa shape index (κ3) is 22.9. The van der Waals surface area contributed by atoms with E-state index in [0.717, 1.165) is 26.2 Å². The maximum atomic E-state index is 10.6. The number of Topliss-reactive ketones (excluding diaryl/α,β-unsaturated/α-hetero) is 1. The highest BCUT2D eigenvalue weighted by Gasteiger charge is 1.93. The van der Waals surface area contributed by atoms with E-state index in [0.29, 0.717) is 12.2 Å². The zero-order valence-electron chi connectivity index (χ0n) is 8.09. The average molecular weight is 174 g/mol. The van der Waals surface area contributed by atoms with E-state index in [1.54, 1.807) is 0 Å². The van der Waals surface area contributed by atoms with Gasteiger partial charge in [-0.2, -0.15) is 0 Å². The van der Waals surface area contributed by atoms with Crippen LogP contribution in [0.25, 0.3) is 0 Å². The Kier molecular flexibility index (Phi) is 11.6. The van der Waals surface area contributed by atoms with Gasteiger partial charge in [-0.3, -0.25) is 9.59 Å². The summed E-state index contributed by atoms with van der Waals surface area (Å²) in [6, 6.07) is 0. The summed E-state index contributed by atoms with van der Waals surface area (Å²) in [5.74, 6) is -0.438. The van der Waals surface area contributed by atoms with Gasteiger partial charge in [-0.1, -0.05) is 20.3 Å². The van der Waals surface area contributed by atoms with Crippen molar-refractivity contribution in [2.24, 2.45) is 0 Å². The molecule has 0 radical (unpaired) electrons. The van der Waals surface area contributed by atoms with Crippen LogP contribution in [0.5, 0.6) is 0 Å². The van der Waals surface area contributed by atoms with Crippen molar-refractivity contribution in [1.29, 1.82) is 0 Å². The van der Waals surface area contributed by atoms with E-state index in [4.69, 9.17) is 9.90 Å². The number of carboxylic acids is 1. The van der Waals surface area contributed by atoms with Crippen molar-refractivity contribution in [2.45, 2.75) is 46.5 Å². The first-order chi connectivity index (χ1) is 5.54. The lowest BCUT2D eigenvalue weighted by atomic mass is 10.1. The number of rotatable bonds is 4. The Morgan fingerprint density at radius 2 is 1.67 bits per heavy atom. The van der Waals surface area contributed by atoms with Gasteiger partial charge in [-0.25, -0.2) is 0 Å². The Bertz CT molecular complexity index is 126. The minimum absolute atomic E-state index is 0.395. The molecular weight excluding hydrogens is 156 g/mol. The van der Waals surface area contributed by atoms with Gasteiger partial charge < -0.3 is 5.11 Å². The molecule has 0 aromatic carbocycles. The fourth-order valence-corrected chi connectivity index (χ4v) is 0.551. The van der Waals surface area contributed by atoms with Gasteiger partial charge in [0.25, 0.3) is 5.97 Å². The molecule has 0 atom stereocenters. The summed E-state index contributed by atoms with van der Waals surface area (Å²) in [6.45, 7) is 5.10. The number of carbonyl (C=O) groups is 2. The smallest absolute Gasteiger partial charge is 0.300 e. The zero-order chi connectivity index (χ0) is 9.98. The molecule has 0 fully saturated rings. The maximum absolute atomic E-state index is 10.6. The topological polar surface area (TPSA) is 54.4 Å². The summed E-state index contributed by atoms with van der Waals surface area (Å²) in [7, 11) is 0. The van der Waals surface area contributed by atoms with Crippen LogP contribution in [0.1, 0.15) is 46.5 Å². The molecule has 0 aliphatic rings. The molecule has 1 N–H and O–H groups in total. The van der Waals surface area contributed by atoms with Gasteiger partial charge in [-0.05, 0) is 6.42 Å². The van der Waals surface area contributed by atoms with Crippen LogP contribution in [-0.4, -0.2) is 16.9 Å². The number of unbranched alkanes of at least 4 members (excludes halogenated alkanes) is 1. The quantitative estimate of drug-likeness (QED) is 0.711. The molecule has 3 nitrogen and oxygen atoms in total. The zero-order valence-corrected chi connectivity index (χ0v) is 8.09. The first-order valence-electron chi connectivity index (χ1n) is 4.25. The summed E-state index contributed by atoms with van der Waals surface area (Å²) in [5, 5.41) is 7.42. The Balaban J connectivity index is 0. The van der Waals surface area contributed by atoms with Gasteiger partial charge in [0, 0.05) is 19.8 Å². The van der Waals surface area contributed by atoms with Gasteiger partial charge in [-0.15, -0.1) is 0 Å². The molecule has 72 valence electrons. The third-order valence-corrected chi connectivity index (χ3v) is 1.20. The number of hydrogen-bond acceptors (Lipinski definition) is 2. The molecule has 0 amide bonds. The molecule has 0 heterocycles. The standard InChI is InChI=1S/C7H14O.C2H4O2/c1-3-5-6-7(8)4-2;1-2(3)4/h3-6H2,1-2H3;1H3,(H,3,4). The lowest BCUT2D eigenvalue weighted by Crippen LogP contribution is -1.92. The van der Waals surface area contributed by atoms with Crippen LogP contribution in [0.15, 0.2) is 0 Å². The van der Waals surface area contributed by atoms with Gasteiger partial charge in [0.2, 0.25) is 0 Å². The lowest BCUT2D eigenvalue weighted by molar-refractivity contribution is -0.134. The Labute approximate surface area is 73.8 Å². The van der Waals surface area contributed by atoms with E-state index in [-0.39, 0.29) is 0 Å². The number of carboxylic acid groups (broad SMARTS) is 1. The van der Waals surface area contributed by atoms with Crippen LogP contribution >= 0.6 is 0 Å². The number of carbonyl (C=O) groups excluding carboxylic acids is 1. The van der Waals surface area contributed by atoms with E-state index in [1.807, 2.05) is 6.92 Å². The summed E-state index contributed by atoms with van der Waals surface area (Å²) in [5.41, 5.74) is 0. The first-order valence-corrected chi connectivity index (χ1v) is 4.25. The van der Waals surface area contributed by atoms with Crippen LogP contribution in [0.2, 0.25) is 0 Å². The highest BCUT2D eigenvalue weighted by molar-refractivity contribution is 5.77. The van der Waals surface area contributed by atoms with Crippen molar-refractivity contribution in [3.8, 4) is 0 Å². The second-order valence-corrected chi connectivity index (χ2v) is 2.51. The molecule has 0 unspecified atom stereocenters. The minimum Gasteiger partial charge on any atom is -0.481 e. The predicted molar refractivity (Wildman–Crippen MR) is 48.1 cm³/mol. The van der Waals surface area contributed by atoms with Crippen molar-refractivity contribution in [3.63, 3.8) is 0 Å². The molecule has 0 saturated carbocycles. The SMILES string of the molecule is CC(=O)O.CCCCC(=O)CC. The average Bonchev–Trinajstić information content (AvgIpc) is 1.99. The fourth-order valence-electron chi connectivity index (χ4n) is 0.551. The Morgan fingerprint density at radius 1 is 1.25 bits per heavy atom.